The number of anilines is 1. The lowest BCUT2D eigenvalue weighted by atomic mass is 10.2. The van der Waals surface area contributed by atoms with E-state index in [1.54, 1.807) is 23.0 Å². The van der Waals surface area contributed by atoms with Crippen LogP contribution in [0.3, 0.4) is 0 Å². The molecule has 0 unspecified atom stereocenters. The van der Waals surface area contributed by atoms with Crippen LogP contribution in [0.5, 0.6) is 0 Å². The van der Waals surface area contributed by atoms with Gasteiger partial charge >= 0.3 is 0 Å². The third-order valence-corrected chi connectivity index (χ3v) is 4.06. The van der Waals surface area contributed by atoms with Crippen LogP contribution in [0.15, 0.2) is 36.7 Å². The molecule has 0 saturated carbocycles. The Kier molecular flexibility index (Phi) is 3.98. The van der Waals surface area contributed by atoms with Crippen LogP contribution in [-0.4, -0.2) is 50.8 Å². The van der Waals surface area contributed by atoms with E-state index in [0.717, 1.165) is 17.1 Å². The fourth-order valence-electron chi connectivity index (χ4n) is 2.90. The summed E-state index contributed by atoms with van der Waals surface area (Å²) < 4.78 is 7.14. The standard InChI is InChI=1S/C16H16N6O3/c23-21(24)11-13-9-16(20-5-7-25-8-6-20)22-15(18-13)10-14(19-22)12-1-3-17-4-2-12/h1-4,9-10H,5-8,11H2. The van der Waals surface area contributed by atoms with Crippen molar-refractivity contribution >= 4 is 11.5 Å². The van der Waals surface area contributed by atoms with E-state index in [0.29, 0.717) is 37.6 Å². The topological polar surface area (TPSA) is 98.7 Å². The van der Waals surface area contributed by atoms with Gasteiger partial charge < -0.3 is 9.64 Å². The van der Waals surface area contributed by atoms with Gasteiger partial charge in [-0.15, -0.1) is 0 Å². The lowest BCUT2D eigenvalue weighted by molar-refractivity contribution is -0.497. The summed E-state index contributed by atoms with van der Waals surface area (Å²) in [6.45, 7) is 2.34. The van der Waals surface area contributed by atoms with Crippen LogP contribution >= 0.6 is 0 Å². The monoisotopic (exact) mass is 340 g/mol. The summed E-state index contributed by atoms with van der Waals surface area (Å²) in [5.74, 6) is 0.797. The van der Waals surface area contributed by atoms with Crippen LogP contribution in [0.1, 0.15) is 5.69 Å². The summed E-state index contributed by atoms with van der Waals surface area (Å²) in [7, 11) is 0. The van der Waals surface area contributed by atoms with E-state index in [2.05, 4.69) is 20.0 Å². The number of fused-ring (bicyclic) bond motifs is 1. The van der Waals surface area contributed by atoms with Crippen molar-refractivity contribution in [1.82, 2.24) is 19.6 Å². The number of ether oxygens (including phenoxy) is 1. The van der Waals surface area contributed by atoms with E-state index in [1.165, 1.54) is 0 Å². The van der Waals surface area contributed by atoms with Gasteiger partial charge in [0.1, 0.15) is 11.5 Å². The smallest absolute Gasteiger partial charge is 0.245 e. The number of aromatic nitrogens is 4. The van der Waals surface area contributed by atoms with Gasteiger partial charge in [0.2, 0.25) is 6.54 Å². The zero-order valence-electron chi connectivity index (χ0n) is 13.4. The van der Waals surface area contributed by atoms with Crippen molar-refractivity contribution < 1.29 is 9.66 Å². The van der Waals surface area contributed by atoms with E-state index >= 15 is 0 Å². The van der Waals surface area contributed by atoms with Crippen molar-refractivity contribution in [2.75, 3.05) is 31.2 Å². The lowest BCUT2D eigenvalue weighted by Gasteiger charge is -2.28. The Bertz CT molecular complexity index is 905. The second kappa shape index (κ2) is 6.44. The van der Waals surface area contributed by atoms with Crippen molar-refractivity contribution in [3.63, 3.8) is 0 Å². The Morgan fingerprint density at radius 3 is 2.68 bits per heavy atom. The summed E-state index contributed by atoms with van der Waals surface area (Å²) in [5.41, 5.74) is 2.68. The zero-order valence-corrected chi connectivity index (χ0v) is 13.4. The Labute approximate surface area is 143 Å². The molecule has 1 fully saturated rings. The molecule has 0 amide bonds. The number of hydrogen-bond acceptors (Lipinski definition) is 7. The van der Waals surface area contributed by atoms with E-state index < -0.39 is 0 Å². The number of hydrogen-bond donors (Lipinski definition) is 0. The molecule has 25 heavy (non-hydrogen) atoms. The predicted molar refractivity (Wildman–Crippen MR) is 89.9 cm³/mol. The van der Waals surface area contributed by atoms with E-state index in [4.69, 9.17) is 4.74 Å². The van der Waals surface area contributed by atoms with Gasteiger partial charge in [0.05, 0.1) is 18.9 Å². The van der Waals surface area contributed by atoms with E-state index in [-0.39, 0.29) is 11.5 Å². The highest BCUT2D eigenvalue weighted by Crippen LogP contribution is 2.24. The maximum absolute atomic E-state index is 10.9. The second-order valence-electron chi connectivity index (χ2n) is 5.73. The second-order valence-corrected chi connectivity index (χ2v) is 5.73. The number of rotatable bonds is 4. The third kappa shape index (κ3) is 3.13. The Balaban J connectivity index is 1.84. The van der Waals surface area contributed by atoms with Crippen molar-refractivity contribution in [2.45, 2.75) is 6.54 Å². The van der Waals surface area contributed by atoms with Gasteiger partial charge in [-0.25, -0.2) is 4.98 Å². The Morgan fingerprint density at radius 1 is 1.20 bits per heavy atom. The first-order valence-corrected chi connectivity index (χ1v) is 7.95. The maximum atomic E-state index is 10.9. The van der Waals surface area contributed by atoms with Gasteiger partial charge in [0.15, 0.2) is 5.65 Å². The van der Waals surface area contributed by atoms with Crippen LogP contribution in [0.4, 0.5) is 5.82 Å². The third-order valence-electron chi connectivity index (χ3n) is 4.06. The molecule has 1 saturated heterocycles. The first-order chi connectivity index (χ1) is 12.2. The molecule has 3 aromatic heterocycles. The number of morpholine rings is 1. The van der Waals surface area contributed by atoms with Crippen molar-refractivity contribution in [1.29, 1.82) is 0 Å². The molecule has 0 aliphatic carbocycles. The molecule has 0 N–H and O–H groups in total. The van der Waals surface area contributed by atoms with E-state index in [9.17, 15) is 10.1 Å². The lowest BCUT2D eigenvalue weighted by Crippen LogP contribution is -2.37. The van der Waals surface area contributed by atoms with Gasteiger partial charge in [-0.05, 0) is 12.1 Å². The molecule has 1 aliphatic rings. The van der Waals surface area contributed by atoms with Crippen molar-refractivity contribution in [3.8, 4) is 11.3 Å². The molecule has 0 atom stereocenters. The average Bonchev–Trinajstić information content (AvgIpc) is 3.06. The van der Waals surface area contributed by atoms with Crippen LogP contribution in [0, 0.1) is 10.1 Å². The van der Waals surface area contributed by atoms with Crippen LogP contribution in [0.2, 0.25) is 0 Å². The summed E-state index contributed by atoms with van der Waals surface area (Å²) in [6.07, 6.45) is 3.40. The first-order valence-electron chi connectivity index (χ1n) is 7.95. The molecule has 0 aromatic carbocycles. The van der Waals surface area contributed by atoms with Crippen LogP contribution in [0.25, 0.3) is 16.9 Å². The largest absolute Gasteiger partial charge is 0.378 e. The molecule has 0 bridgehead atoms. The first kappa shape index (κ1) is 15.5. The van der Waals surface area contributed by atoms with Crippen molar-refractivity contribution in [3.05, 3.63) is 52.5 Å². The Hall–Kier alpha value is -3.07. The SMILES string of the molecule is O=[N+]([O-])Cc1cc(N2CCOCC2)n2nc(-c3ccncc3)cc2n1. The Morgan fingerprint density at radius 2 is 1.96 bits per heavy atom. The molecule has 9 heteroatoms. The number of pyridine rings is 1. The quantitative estimate of drug-likeness (QED) is 0.523. The minimum atomic E-state index is -0.373. The minimum absolute atomic E-state index is 0.316. The number of nitro groups is 1. The van der Waals surface area contributed by atoms with Gasteiger partial charge in [-0.3, -0.25) is 15.1 Å². The summed E-state index contributed by atoms with van der Waals surface area (Å²) in [6, 6.07) is 7.31. The molecule has 4 rings (SSSR count). The van der Waals surface area contributed by atoms with Gasteiger partial charge in [0.25, 0.3) is 0 Å². The van der Waals surface area contributed by atoms with Gasteiger partial charge in [-0.2, -0.15) is 9.61 Å². The fourth-order valence-corrected chi connectivity index (χ4v) is 2.90. The van der Waals surface area contributed by atoms with Gasteiger partial charge in [-0.1, -0.05) is 0 Å². The zero-order chi connectivity index (χ0) is 17.2. The fraction of sp³-hybridized carbons (Fsp3) is 0.312. The molecular weight excluding hydrogens is 324 g/mol. The minimum Gasteiger partial charge on any atom is -0.378 e. The molecule has 128 valence electrons. The molecular formula is C16H16N6O3. The van der Waals surface area contributed by atoms with Crippen LogP contribution in [-0.2, 0) is 11.3 Å². The normalized spacial score (nSPS) is 14.8. The van der Waals surface area contributed by atoms with Gasteiger partial charge in [0, 0.05) is 48.1 Å². The number of nitrogens with zero attached hydrogens (tertiary/aromatic N) is 6. The average molecular weight is 340 g/mol. The maximum Gasteiger partial charge on any atom is 0.245 e. The highest BCUT2D eigenvalue weighted by molar-refractivity contribution is 5.65. The molecule has 4 heterocycles. The highest BCUT2D eigenvalue weighted by atomic mass is 16.6. The van der Waals surface area contributed by atoms with Crippen LogP contribution < -0.4 is 4.90 Å². The summed E-state index contributed by atoms with van der Waals surface area (Å²) in [4.78, 5) is 21.1. The highest BCUT2D eigenvalue weighted by Gasteiger charge is 2.19. The predicted octanol–water partition coefficient (Wildman–Crippen LogP) is 1.40. The van der Waals surface area contributed by atoms with E-state index in [1.807, 2.05) is 18.2 Å². The molecule has 1 aliphatic heterocycles. The summed E-state index contributed by atoms with van der Waals surface area (Å²) >= 11 is 0. The molecule has 3 aromatic rings. The van der Waals surface area contributed by atoms with Crippen molar-refractivity contribution in [2.24, 2.45) is 0 Å². The molecule has 0 radical (unpaired) electrons. The molecule has 9 nitrogen and oxygen atoms in total. The molecule has 0 spiro atoms. The summed E-state index contributed by atoms with van der Waals surface area (Å²) in [5, 5.41) is 15.6.